The number of ketones is 1. The van der Waals surface area contributed by atoms with Crippen molar-refractivity contribution in [2.75, 3.05) is 0 Å². The molecule has 0 N–H and O–H groups in total. The molecule has 1 saturated heterocycles. The summed E-state index contributed by atoms with van der Waals surface area (Å²) in [7, 11) is 0. The molecular formula is C17H14O2. The van der Waals surface area contributed by atoms with E-state index in [-0.39, 0.29) is 17.5 Å². The Morgan fingerprint density at radius 2 is 2.11 bits per heavy atom. The Kier molecular flexibility index (Phi) is 2.18. The van der Waals surface area contributed by atoms with Crippen molar-refractivity contribution in [2.24, 2.45) is 0 Å². The van der Waals surface area contributed by atoms with E-state index < -0.39 is 0 Å². The molecule has 0 radical (unpaired) electrons. The topological polar surface area (TPSA) is 29.6 Å². The summed E-state index contributed by atoms with van der Waals surface area (Å²) in [6.45, 7) is 0. The molecule has 1 aromatic carbocycles. The summed E-state index contributed by atoms with van der Waals surface area (Å²) in [5.74, 6) is 0.155. The Balaban J connectivity index is 1.70. The predicted molar refractivity (Wildman–Crippen MR) is 73.5 cm³/mol. The van der Waals surface area contributed by atoms with Gasteiger partial charge in [-0.3, -0.25) is 4.79 Å². The van der Waals surface area contributed by atoms with Gasteiger partial charge in [0.2, 0.25) is 0 Å². The van der Waals surface area contributed by atoms with Crippen LogP contribution in [0.5, 0.6) is 0 Å². The highest BCUT2D eigenvalue weighted by molar-refractivity contribution is 6.14. The number of carbonyl (C=O) groups is 1. The van der Waals surface area contributed by atoms with Gasteiger partial charge in [-0.2, -0.15) is 0 Å². The van der Waals surface area contributed by atoms with Gasteiger partial charge in [0.1, 0.15) is 11.7 Å². The number of benzene rings is 1. The molecule has 94 valence electrons. The number of Topliss-reactive ketones (excluding diaryl/α,β-unsaturated/α-hetero) is 1. The average Bonchev–Trinajstić information content (AvgIpc) is 3.17. The molecule has 3 aliphatic rings. The number of carbonyl (C=O) groups excluding carboxylic acids is 1. The van der Waals surface area contributed by atoms with Crippen molar-refractivity contribution in [3.63, 3.8) is 0 Å². The lowest BCUT2D eigenvalue weighted by Gasteiger charge is -2.24. The van der Waals surface area contributed by atoms with E-state index >= 15 is 0 Å². The van der Waals surface area contributed by atoms with E-state index in [4.69, 9.17) is 4.74 Å². The van der Waals surface area contributed by atoms with Crippen LogP contribution in [0.3, 0.4) is 0 Å². The van der Waals surface area contributed by atoms with Crippen LogP contribution >= 0.6 is 0 Å². The first-order valence-corrected chi connectivity index (χ1v) is 6.67. The van der Waals surface area contributed by atoms with E-state index in [1.54, 1.807) is 0 Å². The maximum absolute atomic E-state index is 12.5. The molecule has 2 heteroatoms. The molecule has 2 fully saturated rings. The molecule has 1 heterocycles. The van der Waals surface area contributed by atoms with Crippen molar-refractivity contribution >= 4 is 11.9 Å². The van der Waals surface area contributed by atoms with Gasteiger partial charge < -0.3 is 4.74 Å². The highest BCUT2D eigenvalue weighted by Crippen LogP contribution is 2.53. The Labute approximate surface area is 112 Å². The van der Waals surface area contributed by atoms with Crippen molar-refractivity contribution < 1.29 is 9.53 Å². The van der Waals surface area contributed by atoms with E-state index in [9.17, 15) is 4.79 Å². The molecule has 1 aliphatic heterocycles. The zero-order valence-corrected chi connectivity index (χ0v) is 10.5. The maximum atomic E-state index is 12.5. The molecule has 2 aliphatic carbocycles. The number of allylic oxidation sites excluding steroid dienone is 3. The van der Waals surface area contributed by atoms with Crippen LogP contribution in [-0.2, 0) is 9.53 Å². The maximum Gasteiger partial charge on any atom is 0.188 e. The minimum atomic E-state index is -0.278. The molecule has 2 nitrogen and oxygen atoms in total. The number of rotatable bonds is 1. The Morgan fingerprint density at radius 3 is 2.95 bits per heavy atom. The quantitative estimate of drug-likeness (QED) is 0.566. The molecular weight excluding hydrogens is 236 g/mol. The lowest BCUT2D eigenvalue weighted by atomic mass is 9.76. The molecule has 4 rings (SSSR count). The van der Waals surface area contributed by atoms with Gasteiger partial charge in [0.15, 0.2) is 5.78 Å². The first-order valence-electron chi connectivity index (χ1n) is 6.67. The standard InChI is InChI=1S/C17H14O2/c18-16-13(11-12-5-2-1-3-6-12)9-10-17-14(16)7-4-8-15(17)19-17/h1-8,11,15H,9-10H2. The van der Waals surface area contributed by atoms with Gasteiger partial charge in [-0.25, -0.2) is 0 Å². The SMILES string of the molecule is O=C1C(=Cc2ccccc2)CCC23OC2C=CC=C13. The highest BCUT2D eigenvalue weighted by atomic mass is 16.6. The molecule has 0 bridgehead atoms. The van der Waals surface area contributed by atoms with Gasteiger partial charge in [-0.15, -0.1) is 0 Å². The Bertz CT molecular complexity index is 636. The van der Waals surface area contributed by atoms with Crippen molar-refractivity contribution in [3.8, 4) is 0 Å². The fourth-order valence-electron chi connectivity index (χ4n) is 3.10. The summed E-state index contributed by atoms with van der Waals surface area (Å²) in [6.07, 6.45) is 9.76. The highest BCUT2D eigenvalue weighted by Gasteiger charge is 2.61. The van der Waals surface area contributed by atoms with Crippen LogP contribution in [0.2, 0.25) is 0 Å². The molecule has 1 saturated carbocycles. The zero-order valence-electron chi connectivity index (χ0n) is 10.5. The minimum absolute atomic E-state index is 0.134. The lowest BCUT2D eigenvalue weighted by Crippen LogP contribution is -2.31. The predicted octanol–water partition coefficient (Wildman–Crippen LogP) is 3.07. The van der Waals surface area contributed by atoms with Crippen LogP contribution in [0, 0.1) is 0 Å². The summed E-state index contributed by atoms with van der Waals surface area (Å²) in [6, 6.07) is 10.0. The second-order valence-corrected chi connectivity index (χ2v) is 5.30. The third-order valence-electron chi connectivity index (χ3n) is 4.19. The second kappa shape index (κ2) is 3.78. The lowest BCUT2D eigenvalue weighted by molar-refractivity contribution is -0.113. The molecule has 1 aromatic rings. The van der Waals surface area contributed by atoms with Crippen LogP contribution < -0.4 is 0 Å². The molecule has 2 unspecified atom stereocenters. The van der Waals surface area contributed by atoms with Gasteiger partial charge in [-0.1, -0.05) is 48.6 Å². The second-order valence-electron chi connectivity index (χ2n) is 5.30. The van der Waals surface area contributed by atoms with Crippen LogP contribution in [0.15, 0.2) is 59.7 Å². The Morgan fingerprint density at radius 1 is 1.26 bits per heavy atom. The van der Waals surface area contributed by atoms with E-state index in [0.717, 1.165) is 29.6 Å². The fraction of sp³-hybridized carbons (Fsp3) is 0.235. The van der Waals surface area contributed by atoms with Crippen molar-refractivity contribution in [3.05, 3.63) is 65.3 Å². The normalized spacial score (nSPS) is 33.7. The first-order chi connectivity index (χ1) is 9.29. The van der Waals surface area contributed by atoms with E-state index in [0.29, 0.717) is 0 Å². The van der Waals surface area contributed by atoms with Crippen LogP contribution in [0.25, 0.3) is 6.08 Å². The number of epoxide rings is 1. The van der Waals surface area contributed by atoms with Gasteiger partial charge in [0, 0.05) is 11.1 Å². The summed E-state index contributed by atoms with van der Waals surface area (Å²) >= 11 is 0. The summed E-state index contributed by atoms with van der Waals surface area (Å²) in [5.41, 5.74) is 2.54. The smallest absolute Gasteiger partial charge is 0.188 e. The number of ether oxygens (including phenoxy) is 1. The number of hydrogen-bond acceptors (Lipinski definition) is 2. The van der Waals surface area contributed by atoms with Crippen molar-refractivity contribution in [1.82, 2.24) is 0 Å². The summed E-state index contributed by atoms with van der Waals surface area (Å²) in [5, 5.41) is 0. The first kappa shape index (κ1) is 10.9. The third kappa shape index (κ3) is 1.57. The van der Waals surface area contributed by atoms with Crippen LogP contribution in [0.1, 0.15) is 18.4 Å². The van der Waals surface area contributed by atoms with Crippen molar-refractivity contribution in [1.29, 1.82) is 0 Å². The number of hydrogen-bond donors (Lipinski definition) is 0. The molecule has 1 spiro atoms. The van der Waals surface area contributed by atoms with Crippen molar-refractivity contribution in [2.45, 2.75) is 24.5 Å². The van der Waals surface area contributed by atoms with E-state index in [1.807, 2.05) is 54.6 Å². The molecule has 2 atom stereocenters. The fourth-order valence-corrected chi connectivity index (χ4v) is 3.10. The molecule has 19 heavy (non-hydrogen) atoms. The molecule has 0 amide bonds. The third-order valence-corrected chi connectivity index (χ3v) is 4.19. The largest absolute Gasteiger partial charge is 0.356 e. The van der Waals surface area contributed by atoms with Gasteiger partial charge in [0.25, 0.3) is 0 Å². The van der Waals surface area contributed by atoms with Crippen LogP contribution in [0.4, 0.5) is 0 Å². The molecule has 0 aromatic heterocycles. The minimum Gasteiger partial charge on any atom is -0.356 e. The van der Waals surface area contributed by atoms with Crippen LogP contribution in [-0.4, -0.2) is 17.5 Å². The van der Waals surface area contributed by atoms with E-state index in [2.05, 4.69) is 0 Å². The monoisotopic (exact) mass is 250 g/mol. The Hall–Kier alpha value is -1.93. The van der Waals surface area contributed by atoms with Gasteiger partial charge >= 0.3 is 0 Å². The average molecular weight is 250 g/mol. The summed E-state index contributed by atoms with van der Waals surface area (Å²) in [4.78, 5) is 12.5. The van der Waals surface area contributed by atoms with E-state index in [1.165, 1.54) is 0 Å². The van der Waals surface area contributed by atoms with Gasteiger partial charge in [0.05, 0.1) is 0 Å². The summed E-state index contributed by atoms with van der Waals surface area (Å²) < 4.78 is 5.74. The van der Waals surface area contributed by atoms with Gasteiger partial charge in [-0.05, 0) is 24.5 Å². The zero-order chi connectivity index (χ0) is 12.9.